The van der Waals surface area contributed by atoms with Gasteiger partial charge in [0.1, 0.15) is 0 Å². The topological polar surface area (TPSA) is 61.4 Å². The lowest BCUT2D eigenvalue weighted by Crippen LogP contribution is -2.42. The summed E-state index contributed by atoms with van der Waals surface area (Å²) >= 11 is 0. The van der Waals surface area contributed by atoms with E-state index in [-0.39, 0.29) is 17.9 Å². The third-order valence-electron chi connectivity index (χ3n) is 3.09. The first-order valence-electron chi connectivity index (χ1n) is 6.28. The van der Waals surface area contributed by atoms with Crippen LogP contribution >= 0.6 is 0 Å². The van der Waals surface area contributed by atoms with Crippen molar-refractivity contribution < 1.29 is 9.90 Å². The monoisotopic (exact) mass is 228 g/mol. The van der Waals surface area contributed by atoms with Gasteiger partial charge in [0.25, 0.3) is 0 Å². The summed E-state index contributed by atoms with van der Waals surface area (Å²) in [6.45, 7) is 5.51. The molecule has 3 atom stereocenters. The molecule has 0 aromatic carbocycles. The number of hydrogen-bond donors (Lipinski definition) is 3. The highest BCUT2D eigenvalue weighted by atomic mass is 16.3. The zero-order chi connectivity index (χ0) is 12.0. The Hall–Kier alpha value is -0.610. The fraction of sp³-hybridized carbons (Fsp3) is 0.917. The van der Waals surface area contributed by atoms with Gasteiger partial charge in [-0.15, -0.1) is 0 Å². The Morgan fingerprint density at radius 1 is 1.62 bits per heavy atom. The number of aliphatic hydroxyl groups is 1. The highest BCUT2D eigenvalue weighted by Crippen LogP contribution is 2.15. The lowest BCUT2D eigenvalue weighted by atomic mass is 9.92. The molecule has 0 saturated carbocycles. The van der Waals surface area contributed by atoms with Crippen LogP contribution in [0.2, 0.25) is 0 Å². The summed E-state index contributed by atoms with van der Waals surface area (Å²) in [5.74, 6) is 0.349. The van der Waals surface area contributed by atoms with Crippen molar-refractivity contribution in [3.05, 3.63) is 0 Å². The van der Waals surface area contributed by atoms with Crippen LogP contribution in [0.5, 0.6) is 0 Å². The molecule has 0 aliphatic carbocycles. The van der Waals surface area contributed by atoms with Gasteiger partial charge in [0.2, 0.25) is 5.91 Å². The van der Waals surface area contributed by atoms with Crippen LogP contribution in [0.4, 0.5) is 0 Å². The molecule has 1 aliphatic rings. The molecule has 94 valence electrons. The molecule has 1 rings (SSSR count). The Morgan fingerprint density at radius 2 is 2.38 bits per heavy atom. The second-order valence-corrected chi connectivity index (χ2v) is 4.86. The predicted molar refractivity (Wildman–Crippen MR) is 64.1 cm³/mol. The van der Waals surface area contributed by atoms with Crippen molar-refractivity contribution in [2.45, 2.75) is 51.7 Å². The van der Waals surface area contributed by atoms with E-state index in [1.54, 1.807) is 6.92 Å². The number of amides is 1. The molecule has 16 heavy (non-hydrogen) atoms. The predicted octanol–water partition coefficient (Wildman–Crippen LogP) is 0.652. The molecule has 1 saturated heterocycles. The maximum Gasteiger partial charge on any atom is 0.223 e. The Kier molecular flexibility index (Phi) is 5.77. The number of nitrogens with one attached hydrogen (secondary N) is 2. The molecule has 0 radical (unpaired) electrons. The molecule has 1 aliphatic heterocycles. The first-order valence-corrected chi connectivity index (χ1v) is 6.28. The van der Waals surface area contributed by atoms with E-state index >= 15 is 0 Å². The number of hydrogen-bond acceptors (Lipinski definition) is 3. The molecule has 0 aromatic heterocycles. The van der Waals surface area contributed by atoms with Gasteiger partial charge in [0, 0.05) is 18.5 Å². The summed E-state index contributed by atoms with van der Waals surface area (Å²) in [7, 11) is 0. The van der Waals surface area contributed by atoms with Crippen LogP contribution in [0, 0.1) is 5.92 Å². The zero-order valence-corrected chi connectivity index (χ0v) is 10.3. The summed E-state index contributed by atoms with van der Waals surface area (Å²) in [4.78, 5) is 11.8. The molecular weight excluding hydrogens is 204 g/mol. The van der Waals surface area contributed by atoms with Gasteiger partial charge in [-0.05, 0) is 46.1 Å². The van der Waals surface area contributed by atoms with Crippen LogP contribution < -0.4 is 10.6 Å². The third-order valence-corrected chi connectivity index (χ3v) is 3.09. The van der Waals surface area contributed by atoms with E-state index in [1.165, 1.54) is 0 Å². The Morgan fingerprint density at radius 3 is 3.00 bits per heavy atom. The van der Waals surface area contributed by atoms with Crippen LogP contribution in [0.25, 0.3) is 0 Å². The average molecular weight is 228 g/mol. The quantitative estimate of drug-likeness (QED) is 0.606. The van der Waals surface area contributed by atoms with Crippen LogP contribution in [-0.4, -0.2) is 36.2 Å². The van der Waals surface area contributed by atoms with Gasteiger partial charge in [0.15, 0.2) is 0 Å². The molecule has 1 heterocycles. The average Bonchev–Trinajstić information content (AvgIpc) is 2.24. The Balaban J connectivity index is 2.14. The molecule has 1 amide bonds. The normalized spacial score (nSPS) is 27.4. The molecule has 0 bridgehead atoms. The maximum atomic E-state index is 11.8. The number of carbonyl (C=O) groups excluding carboxylic acids is 1. The van der Waals surface area contributed by atoms with E-state index in [4.69, 9.17) is 5.11 Å². The molecule has 3 unspecified atom stereocenters. The van der Waals surface area contributed by atoms with Gasteiger partial charge in [-0.2, -0.15) is 0 Å². The van der Waals surface area contributed by atoms with Gasteiger partial charge >= 0.3 is 0 Å². The first kappa shape index (κ1) is 13.5. The van der Waals surface area contributed by atoms with Gasteiger partial charge in [-0.25, -0.2) is 0 Å². The van der Waals surface area contributed by atoms with Gasteiger partial charge in [-0.3, -0.25) is 4.79 Å². The number of rotatable bonds is 5. The molecule has 3 N–H and O–H groups in total. The minimum absolute atomic E-state index is 0.169. The van der Waals surface area contributed by atoms with E-state index in [1.807, 2.05) is 0 Å². The van der Waals surface area contributed by atoms with E-state index in [2.05, 4.69) is 17.6 Å². The number of aliphatic hydroxyl groups excluding tert-OH is 1. The van der Waals surface area contributed by atoms with Crippen LogP contribution in [0.3, 0.4) is 0 Å². The summed E-state index contributed by atoms with van der Waals surface area (Å²) in [6.07, 6.45) is 3.21. The van der Waals surface area contributed by atoms with E-state index in [9.17, 15) is 4.79 Å². The van der Waals surface area contributed by atoms with Crippen LogP contribution in [0.1, 0.15) is 39.5 Å². The highest BCUT2D eigenvalue weighted by Gasteiger charge is 2.24. The second kappa shape index (κ2) is 6.86. The second-order valence-electron chi connectivity index (χ2n) is 4.86. The van der Waals surface area contributed by atoms with Gasteiger partial charge in [-0.1, -0.05) is 0 Å². The van der Waals surface area contributed by atoms with Crippen LogP contribution in [0.15, 0.2) is 0 Å². The third kappa shape index (κ3) is 4.94. The molecule has 4 heteroatoms. The summed E-state index contributed by atoms with van der Waals surface area (Å²) < 4.78 is 0. The first-order chi connectivity index (χ1) is 7.59. The van der Waals surface area contributed by atoms with Crippen molar-refractivity contribution in [1.29, 1.82) is 0 Å². The SMILES string of the molecule is CC(O)CCCNC(=O)C1CCNC(C)C1. The van der Waals surface area contributed by atoms with Crippen molar-refractivity contribution >= 4 is 5.91 Å². The lowest BCUT2D eigenvalue weighted by Gasteiger charge is -2.27. The fourth-order valence-electron chi connectivity index (χ4n) is 2.12. The lowest BCUT2D eigenvalue weighted by molar-refractivity contribution is -0.126. The molecule has 1 fully saturated rings. The van der Waals surface area contributed by atoms with Crippen molar-refractivity contribution in [2.24, 2.45) is 5.92 Å². The molecule has 0 spiro atoms. The molecule has 0 aromatic rings. The Labute approximate surface area is 97.8 Å². The van der Waals surface area contributed by atoms with Crippen molar-refractivity contribution in [1.82, 2.24) is 10.6 Å². The summed E-state index contributed by atoms with van der Waals surface area (Å²) in [5, 5.41) is 15.4. The smallest absolute Gasteiger partial charge is 0.223 e. The standard InChI is InChI=1S/C12H24N2O2/c1-9-8-11(5-7-13-9)12(16)14-6-3-4-10(2)15/h9-11,13,15H,3-8H2,1-2H3,(H,14,16). The van der Waals surface area contributed by atoms with E-state index < -0.39 is 0 Å². The highest BCUT2D eigenvalue weighted by molar-refractivity contribution is 5.78. The summed E-state index contributed by atoms with van der Waals surface area (Å²) in [6, 6.07) is 0.446. The molecular formula is C12H24N2O2. The minimum atomic E-state index is -0.268. The zero-order valence-electron chi connectivity index (χ0n) is 10.3. The van der Waals surface area contributed by atoms with Crippen LogP contribution in [-0.2, 0) is 4.79 Å². The van der Waals surface area contributed by atoms with Crippen molar-refractivity contribution in [3.8, 4) is 0 Å². The number of piperidine rings is 1. The summed E-state index contributed by atoms with van der Waals surface area (Å²) in [5.41, 5.74) is 0. The van der Waals surface area contributed by atoms with E-state index in [0.29, 0.717) is 12.6 Å². The Bertz CT molecular complexity index is 219. The van der Waals surface area contributed by atoms with Gasteiger partial charge < -0.3 is 15.7 Å². The minimum Gasteiger partial charge on any atom is -0.393 e. The van der Waals surface area contributed by atoms with Gasteiger partial charge in [0.05, 0.1) is 6.10 Å². The largest absolute Gasteiger partial charge is 0.393 e. The van der Waals surface area contributed by atoms with Crippen molar-refractivity contribution in [2.75, 3.05) is 13.1 Å². The molecule has 4 nitrogen and oxygen atoms in total. The fourth-order valence-corrected chi connectivity index (χ4v) is 2.12. The van der Waals surface area contributed by atoms with Crippen molar-refractivity contribution in [3.63, 3.8) is 0 Å². The maximum absolute atomic E-state index is 11.8. The number of carbonyl (C=O) groups is 1. The van der Waals surface area contributed by atoms with E-state index in [0.717, 1.165) is 32.2 Å².